The first kappa shape index (κ1) is 18.3. The number of nitrogens with zero attached hydrogens (tertiary/aromatic N) is 3. The maximum atomic E-state index is 12.6. The van der Waals surface area contributed by atoms with E-state index in [1.54, 1.807) is 0 Å². The molecule has 5 heteroatoms. The monoisotopic (exact) mass is 387 g/mol. The van der Waals surface area contributed by atoms with Crippen molar-refractivity contribution >= 4 is 34.5 Å². The maximum Gasteiger partial charge on any atom is 0.291 e. The highest BCUT2D eigenvalue weighted by Gasteiger charge is 2.09. The van der Waals surface area contributed by atoms with E-state index in [0.29, 0.717) is 21.2 Å². The maximum absolute atomic E-state index is 12.6. The van der Waals surface area contributed by atoms with Gasteiger partial charge in [0.15, 0.2) is 5.82 Å². The van der Waals surface area contributed by atoms with Crippen LogP contribution in [0.3, 0.4) is 0 Å². The highest BCUT2D eigenvalue weighted by molar-refractivity contribution is 7.15. The summed E-state index contributed by atoms with van der Waals surface area (Å²) in [7, 11) is 0. The number of benzene rings is 2. The normalized spacial score (nSPS) is 12.6. The molecule has 2 aromatic heterocycles. The van der Waals surface area contributed by atoms with Crippen molar-refractivity contribution in [1.29, 1.82) is 0 Å². The summed E-state index contributed by atoms with van der Waals surface area (Å²) >= 11 is 1.36. The van der Waals surface area contributed by atoms with Gasteiger partial charge < -0.3 is 0 Å². The summed E-state index contributed by atoms with van der Waals surface area (Å²) in [5, 5.41) is 4.34. The predicted octanol–water partition coefficient (Wildman–Crippen LogP) is 4.30. The molecule has 0 aliphatic carbocycles. The molecule has 140 valence electrons. The van der Waals surface area contributed by atoms with Gasteiger partial charge in [-0.2, -0.15) is 9.50 Å². The van der Waals surface area contributed by atoms with Crippen LogP contribution in [-0.2, 0) is 0 Å². The second-order valence-electron chi connectivity index (χ2n) is 7.15. The summed E-state index contributed by atoms with van der Waals surface area (Å²) < 4.78 is 2.02. The van der Waals surface area contributed by atoms with Crippen molar-refractivity contribution in [1.82, 2.24) is 14.6 Å². The average molecular weight is 388 g/mol. The standard InChI is InChI=1S/C23H21N3OS/c1-15(2)19-11-8-18(9-12-19)14-20-22(27)26-23(28-20)24-21(25-26)13-10-17-6-4-16(3)5-7-17/h4-15H,1-3H3/b13-10+,20-14+. The molecule has 0 radical (unpaired) electrons. The molecular weight excluding hydrogens is 366 g/mol. The highest BCUT2D eigenvalue weighted by atomic mass is 32.1. The molecule has 2 heterocycles. The van der Waals surface area contributed by atoms with E-state index in [9.17, 15) is 4.79 Å². The molecule has 4 rings (SSSR count). The Labute approximate surface area is 167 Å². The zero-order valence-electron chi connectivity index (χ0n) is 16.1. The van der Waals surface area contributed by atoms with Crippen molar-refractivity contribution in [2.45, 2.75) is 26.7 Å². The molecule has 2 aromatic carbocycles. The molecule has 0 spiro atoms. The highest BCUT2D eigenvalue weighted by Crippen LogP contribution is 2.15. The minimum atomic E-state index is -0.129. The van der Waals surface area contributed by atoms with E-state index in [1.165, 1.54) is 27.0 Å². The third kappa shape index (κ3) is 3.80. The van der Waals surface area contributed by atoms with Crippen molar-refractivity contribution in [3.8, 4) is 0 Å². The van der Waals surface area contributed by atoms with Gasteiger partial charge in [-0.15, -0.1) is 5.10 Å². The van der Waals surface area contributed by atoms with Gasteiger partial charge in [0.2, 0.25) is 4.96 Å². The first-order valence-corrected chi connectivity index (χ1v) is 10.1. The number of aromatic nitrogens is 3. The Balaban J connectivity index is 1.62. The second kappa shape index (κ2) is 7.52. The molecule has 28 heavy (non-hydrogen) atoms. The lowest BCUT2D eigenvalue weighted by atomic mass is 10.0. The van der Waals surface area contributed by atoms with Crippen molar-refractivity contribution < 1.29 is 0 Å². The molecule has 0 N–H and O–H groups in total. The van der Waals surface area contributed by atoms with Crippen LogP contribution in [0.15, 0.2) is 53.3 Å². The van der Waals surface area contributed by atoms with Crippen molar-refractivity contribution in [2.24, 2.45) is 0 Å². The van der Waals surface area contributed by atoms with Crippen molar-refractivity contribution in [3.05, 3.63) is 91.5 Å². The van der Waals surface area contributed by atoms with Crippen LogP contribution in [0.2, 0.25) is 0 Å². The second-order valence-corrected chi connectivity index (χ2v) is 8.15. The van der Waals surface area contributed by atoms with E-state index in [4.69, 9.17) is 0 Å². The molecule has 0 unspecified atom stereocenters. The van der Waals surface area contributed by atoms with Crippen LogP contribution in [-0.4, -0.2) is 14.6 Å². The lowest BCUT2D eigenvalue weighted by molar-refractivity contribution is 0.866. The molecule has 4 aromatic rings. The lowest BCUT2D eigenvalue weighted by Crippen LogP contribution is -2.23. The Hall–Kier alpha value is -3.05. The van der Waals surface area contributed by atoms with Gasteiger partial charge in [-0.25, -0.2) is 0 Å². The fourth-order valence-corrected chi connectivity index (χ4v) is 3.81. The van der Waals surface area contributed by atoms with E-state index in [-0.39, 0.29) is 5.56 Å². The predicted molar refractivity (Wildman–Crippen MR) is 117 cm³/mol. The van der Waals surface area contributed by atoms with Crippen molar-refractivity contribution in [3.63, 3.8) is 0 Å². The SMILES string of the molecule is Cc1ccc(/C=C/c2nc3s/c(=C/c4ccc(C(C)C)cc4)c(=O)n3n2)cc1. The zero-order chi connectivity index (χ0) is 19.7. The molecule has 0 saturated carbocycles. The fourth-order valence-electron chi connectivity index (χ4n) is 2.90. The van der Waals surface area contributed by atoms with E-state index < -0.39 is 0 Å². The van der Waals surface area contributed by atoms with E-state index in [0.717, 1.165) is 11.1 Å². The minimum Gasteiger partial charge on any atom is -0.266 e. The van der Waals surface area contributed by atoms with Gasteiger partial charge in [0.25, 0.3) is 5.56 Å². The summed E-state index contributed by atoms with van der Waals surface area (Å²) in [6.07, 6.45) is 5.68. The third-order valence-corrected chi connectivity index (χ3v) is 5.56. The Morgan fingerprint density at radius 1 is 0.964 bits per heavy atom. The Bertz CT molecular complexity index is 1250. The molecule has 0 atom stereocenters. The molecular formula is C23H21N3OS. The minimum absolute atomic E-state index is 0.129. The molecule has 0 aliphatic heterocycles. The number of fused-ring (bicyclic) bond motifs is 1. The topological polar surface area (TPSA) is 47.3 Å². The molecule has 0 aliphatic rings. The van der Waals surface area contributed by atoms with Crippen LogP contribution in [0.5, 0.6) is 0 Å². The summed E-state index contributed by atoms with van der Waals surface area (Å²) in [6, 6.07) is 16.5. The largest absolute Gasteiger partial charge is 0.291 e. The van der Waals surface area contributed by atoms with Gasteiger partial charge in [-0.05, 0) is 41.7 Å². The van der Waals surface area contributed by atoms with Crippen molar-refractivity contribution in [2.75, 3.05) is 0 Å². The van der Waals surface area contributed by atoms with E-state index in [1.807, 2.05) is 42.5 Å². The third-order valence-electron chi connectivity index (χ3n) is 4.60. The summed E-state index contributed by atoms with van der Waals surface area (Å²) in [4.78, 5) is 17.7. The van der Waals surface area contributed by atoms with Crippen LogP contribution in [0.4, 0.5) is 0 Å². The van der Waals surface area contributed by atoms with Gasteiger partial charge in [-0.1, -0.05) is 85.4 Å². The first-order valence-electron chi connectivity index (χ1n) is 9.25. The quantitative estimate of drug-likeness (QED) is 0.524. The fraction of sp³-hybridized carbons (Fsp3) is 0.174. The van der Waals surface area contributed by atoms with Crippen LogP contribution in [0.1, 0.15) is 47.8 Å². The van der Waals surface area contributed by atoms with Gasteiger partial charge >= 0.3 is 0 Å². The number of hydrogen-bond donors (Lipinski definition) is 0. The van der Waals surface area contributed by atoms with E-state index in [2.05, 4.69) is 55.1 Å². The number of rotatable bonds is 4. The summed E-state index contributed by atoms with van der Waals surface area (Å²) in [5.41, 5.74) is 4.45. The Morgan fingerprint density at radius 2 is 1.64 bits per heavy atom. The first-order chi connectivity index (χ1) is 13.5. The van der Waals surface area contributed by atoms with Gasteiger partial charge in [0.1, 0.15) is 0 Å². The van der Waals surface area contributed by atoms with Gasteiger partial charge in [0, 0.05) is 0 Å². The van der Waals surface area contributed by atoms with Gasteiger partial charge in [0.05, 0.1) is 4.53 Å². The molecule has 0 fully saturated rings. The Morgan fingerprint density at radius 3 is 2.29 bits per heavy atom. The summed E-state index contributed by atoms with van der Waals surface area (Å²) in [5.74, 6) is 1.03. The Kier molecular flexibility index (Phi) is 4.92. The lowest BCUT2D eigenvalue weighted by Gasteiger charge is -2.04. The van der Waals surface area contributed by atoms with Crippen LogP contribution < -0.4 is 10.1 Å². The van der Waals surface area contributed by atoms with Crippen LogP contribution in [0.25, 0.3) is 23.2 Å². The number of aryl methyl sites for hydroxylation is 1. The molecule has 0 bridgehead atoms. The average Bonchev–Trinajstić information content (AvgIpc) is 3.21. The van der Waals surface area contributed by atoms with E-state index >= 15 is 0 Å². The smallest absolute Gasteiger partial charge is 0.266 e. The van der Waals surface area contributed by atoms with Crippen LogP contribution >= 0.6 is 11.3 Å². The number of hydrogen-bond acceptors (Lipinski definition) is 4. The van der Waals surface area contributed by atoms with Gasteiger partial charge in [-0.3, -0.25) is 4.79 Å². The molecule has 0 saturated heterocycles. The summed E-state index contributed by atoms with van der Waals surface area (Å²) in [6.45, 7) is 6.39. The molecule has 4 nitrogen and oxygen atoms in total. The zero-order valence-corrected chi connectivity index (χ0v) is 16.9. The molecule has 0 amide bonds. The van der Waals surface area contributed by atoms with Crippen LogP contribution in [0, 0.1) is 6.92 Å². The number of thiazole rings is 1.